The molecule has 0 radical (unpaired) electrons. The van der Waals surface area contributed by atoms with Crippen LogP contribution in [0.2, 0.25) is 20.1 Å². The number of aromatic nitrogens is 2. The van der Waals surface area contributed by atoms with Crippen LogP contribution in [-0.4, -0.2) is 9.38 Å². The first-order valence-electron chi connectivity index (χ1n) is 5.34. The highest BCUT2D eigenvalue weighted by Gasteiger charge is 2.13. The highest BCUT2D eigenvalue weighted by atomic mass is 35.5. The van der Waals surface area contributed by atoms with E-state index in [9.17, 15) is 0 Å². The van der Waals surface area contributed by atoms with Gasteiger partial charge in [-0.1, -0.05) is 52.5 Å². The smallest absolute Gasteiger partial charge is 0.156 e. The van der Waals surface area contributed by atoms with Gasteiger partial charge in [0.1, 0.15) is 0 Å². The molecule has 2 aromatic heterocycles. The zero-order valence-corrected chi connectivity index (χ0v) is 12.4. The zero-order valence-electron chi connectivity index (χ0n) is 9.37. The Bertz CT molecular complexity index is 759. The van der Waals surface area contributed by atoms with Gasteiger partial charge in [-0.15, -0.1) is 0 Å². The molecule has 3 rings (SSSR count). The summed E-state index contributed by atoms with van der Waals surface area (Å²) in [4.78, 5) is 4.45. The summed E-state index contributed by atoms with van der Waals surface area (Å²) in [5.41, 5.74) is 1.94. The number of pyridine rings is 1. The summed E-state index contributed by atoms with van der Waals surface area (Å²) in [5, 5.41) is 2.09. The van der Waals surface area contributed by atoms with E-state index in [-0.39, 0.29) is 0 Å². The molecule has 1 aromatic carbocycles. The van der Waals surface area contributed by atoms with Crippen LogP contribution in [0.15, 0.2) is 36.7 Å². The van der Waals surface area contributed by atoms with E-state index >= 15 is 0 Å². The molecule has 0 unspecified atom stereocenters. The summed E-state index contributed by atoms with van der Waals surface area (Å²) in [6.45, 7) is 0. The van der Waals surface area contributed by atoms with Crippen molar-refractivity contribution in [3.63, 3.8) is 0 Å². The Hall–Kier alpha value is -0.930. The van der Waals surface area contributed by atoms with Crippen LogP contribution in [0.3, 0.4) is 0 Å². The van der Waals surface area contributed by atoms with Crippen LogP contribution in [0.5, 0.6) is 0 Å². The summed E-state index contributed by atoms with van der Waals surface area (Å²) < 4.78 is 1.75. The first kappa shape index (κ1) is 13.1. The average Bonchev–Trinajstić information content (AvgIpc) is 2.72. The Balaban J connectivity index is 2.30. The minimum Gasteiger partial charge on any atom is -0.304 e. The monoisotopic (exact) mass is 330 g/mol. The van der Waals surface area contributed by atoms with Crippen molar-refractivity contribution in [3.8, 4) is 11.3 Å². The molecule has 3 aromatic rings. The molecule has 0 atom stereocenters. The maximum Gasteiger partial charge on any atom is 0.156 e. The van der Waals surface area contributed by atoms with E-state index in [1.165, 1.54) is 0 Å². The highest BCUT2D eigenvalue weighted by molar-refractivity contribution is 6.39. The van der Waals surface area contributed by atoms with Crippen LogP contribution in [0, 0.1) is 0 Å². The number of imidazole rings is 1. The largest absolute Gasteiger partial charge is 0.304 e. The van der Waals surface area contributed by atoms with Crippen LogP contribution in [0.1, 0.15) is 0 Å². The number of fused-ring (bicyclic) bond motifs is 1. The van der Waals surface area contributed by atoms with Crippen LogP contribution >= 0.6 is 46.4 Å². The third-order valence-electron chi connectivity index (χ3n) is 2.69. The van der Waals surface area contributed by atoms with Crippen LogP contribution in [0.25, 0.3) is 16.9 Å². The second-order valence-corrected chi connectivity index (χ2v) is 5.62. The molecule has 6 heteroatoms. The Kier molecular flexibility index (Phi) is 3.35. The third kappa shape index (κ3) is 2.30. The predicted molar refractivity (Wildman–Crippen MR) is 80.7 cm³/mol. The van der Waals surface area contributed by atoms with Crippen LogP contribution in [0.4, 0.5) is 0 Å². The van der Waals surface area contributed by atoms with Gasteiger partial charge in [-0.05, 0) is 18.2 Å². The number of hydrogen-bond acceptors (Lipinski definition) is 1. The molecule has 0 amide bonds. The first-order valence-corrected chi connectivity index (χ1v) is 6.85. The van der Waals surface area contributed by atoms with E-state index in [1.807, 2.05) is 0 Å². The predicted octanol–water partition coefficient (Wildman–Crippen LogP) is 5.61. The Morgan fingerprint density at radius 3 is 2.26 bits per heavy atom. The minimum atomic E-state index is 0.474. The molecular formula is C13H6Cl4N2. The van der Waals surface area contributed by atoms with Crippen molar-refractivity contribution in [2.45, 2.75) is 0 Å². The third-order valence-corrected chi connectivity index (χ3v) is 3.81. The van der Waals surface area contributed by atoms with Gasteiger partial charge in [0, 0.05) is 18.0 Å². The standard InChI is InChI=1S/C13H6Cl4N2/c14-7-4-10(17)13-18-11(6-19(13)5-7)12-8(15)2-1-3-9(12)16/h1-6H. The number of rotatable bonds is 1. The first-order chi connectivity index (χ1) is 9.06. The summed E-state index contributed by atoms with van der Waals surface area (Å²) in [5.74, 6) is 0. The quantitative estimate of drug-likeness (QED) is 0.566. The maximum absolute atomic E-state index is 6.17. The highest BCUT2D eigenvalue weighted by Crippen LogP contribution is 2.35. The topological polar surface area (TPSA) is 17.3 Å². The molecular weight excluding hydrogens is 326 g/mol. The summed E-state index contributed by atoms with van der Waals surface area (Å²) in [6, 6.07) is 6.96. The molecule has 0 aliphatic carbocycles. The zero-order chi connectivity index (χ0) is 13.6. The van der Waals surface area contributed by atoms with Gasteiger partial charge in [-0.2, -0.15) is 0 Å². The van der Waals surface area contributed by atoms with Gasteiger partial charge >= 0.3 is 0 Å². The van der Waals surface area contributed by atoms with Gasteiger partial charge in [0.2, 0.25) is 0 Å². The van der Waals surface area contributed by atoms with E-state index in [0.29, 0.717) is 37.0 Å². The number of hydrogen-bond donors (Lipinski definition) is 0. The Morgan fingerprint density at radius 2 is 1.58 bits per heavy atom. The lowest BCUT2D eigenvalue weighted by Crippen LogP contribution is -1.82. The molecule has 19 heavy (non-hydrogen) atoms. The van der Waals surface area contributed by atoms with Crippen molar-refractivity contribution < 1.29 is 0 Å². The Labute approximate surface area is 129 Å². The summed E-state index contributed by atoms with van der Waals surface area (Å²) in [6.07, 6.45) is 3.52. The number of nitrogens with zero attached hydrogens (tertiary/aromatic N) is 2. The van der Waals surface area contributed by atoms with E-state index in [1.54, 1.807) is 41.1 Å². The van der Waals surface area contributed by atoms with Crippen LogP contribution < -0.4 is 0 Å². The number of halogens is 4. The van der Waals surface area contributed by atoms with Gasteiger partial charge in [-0.3, -0.25) is 0 Å². The molecule has 0 bridgehead atoms. The molecule has 96 valence electrons. The van der Waals surface area contributed by atoms with Gasteiger partial charge in [0.05, 0.1) is 25.8 Å². The lowest BCUT2D eigenvalue weighted by Gasteiger charge is -2.02. The fraction of sp³-hybridized carbons (Fsp3) is 0. The second-order valence-electron chi connectivity index (χ2n) is 3.96. The molecule has 2 heterocycles. The van der Waals surface area contributed by atoms with Crippen molar-refractivity contribution in [2.75, 3.05) is 0 Å². The average molecular weight is 332 g/mol. The van der Waals surface area contributed by atoms with Crippen molar-refractivity contribution >= 4 is 52.1 Å². The molecule has 0 fully saturated rings. The van der Waals surface area contributed by atoms with E-state index < -0.39 is 0 Å². The molecule has 0 aliphatic rings. The molecule has 0 aliphatic heterocycles. The van der Waals surface area contributed by atoms with Crippen molar-refractivity contribution in [1.29, 1.82) is 0 Å². The fourth-order valence-corrected chi connectivity index (χ4v) is 3.01. The SMILES string of the molecule is Clc1cc(Cl)c2nc(-c3c(Cl)cccc3Cl)cn2c1. The minimum absolute atomic E-state index is 0.474. The molecule has 0 spiro atoms. The van der Waals surface area contributed by atoms with Crippen molar-refractivity contribution in [2.24, 2.45) is 0 Å². The van der Waals surface area contributed by atoms with Crippen molar-refractivity contribution in [3.05, 3.63) is 56.7 Å². The van der Waals surface area contributed by atoms with Crippen molar-refractivity contribution in [1.82, 2.24) is 9.38 Å². The number of benzene rings is 1. The molecule has 2 nitrogen and oxygen atoms in total. The summed E-state index contributed by atoms with van der Waals surface area (Å²) >= 11 is 24.4. The normalized spacial score (nSPS) is 11.2. The lowest BCUT2D eigenvalue weighted by molar-refractivity contribution is 1.19. The van der Waals surface area contributed by atoms with Crippen LogP contribution in [-0.2, 0) is 0 Å². The molecule has 0 saturated carbocycles. The molecule has 0 saturated heterocycles. The summed E-state index contributed by atoms with van der Waals surface area (Å²) in [7, 11) is 0. The Morgan fingerprint density at radius 1 is 0.895 bits per heavy atom. The molecule has 0 N–H and O–H groups in total. The fourth-order valence-electron chi connectivity index (χ4n) is 1.89. The van der Waals surface area contributed by atoms with E-state index in [2.05, 4.69) is 4.98 Å². The van der Waals surface area contributed by atoms with Gasteiger partial charge < -0.3 is 4.40 Å². The van der Waals surface area contributed by atoms with E-state index in [4.69, 9.17) is 46.4 Å². The lowest BCUT2D eigenvalue weighted by atomic mass is 10.2. The van der Waals surface area contributed by atoms with E-state index in [0.717, 1.165) is 0 Å². The second kappa shape index (κ2) is 4.88. The van der Waals surface area contributed by atoms with Gasteiger partial charge in [-0.25, -0.2) is 4.98 Å². The van der Waals surface area contributed by atoms with Gasteiger partial charge in [0.15, 0.2) is 5.65 Å². The van der Waals surface area contributed by atoms with Gasteiger partial charge in [0.25, 0.3) is 0 Å². The maximum atomic E-state index is 6.17.